The van der Waals surface area contributed by atoms with Gasteiger partial charge < -0.3 is 14.8 Å². The zero-order valence-corrected chi connectivity index (χ0v) is 13.9. The van der Waals surface area contributed by atoms with Crippen LogP contribution in [0.25, 0.3) is 0 Å². The van der Waals surface area contributed by atoms with Crippen molar-refractivity contribution in [3.8, 4) is 11.5 Å². The van der Waals surface area contributed by atoms with Gasteiger partial charge in [0.15, 0.2) is 11.5 Å². The monoisotopic (exact) mass is 341 g/mol. The first-order valence-electron chi connectivity index (χ1n) is 8.38. The number of nitrogens with one attached hydrogen (secondary N) is 1. The molecule has 0 radical (unpaired) electrons. The van der Waals surface area contributed by atoms with E-state index < -0.39 is 0 Å². The Morgan fingerprint density at radius 2 is 2.16 bits per heavy atom. The van der Waals surface area contributed by atoms with E-state index in [0.717, 1.165) is 30.5 Å². The second-order valence-corrected chi connectivity index (χ2v) is 6.58. The van der Waals surface area contributed by atoms with Gasteiger partial charge >= 0.3 is 0 Å². The van der Waals surface area contributed by atoms with Gasteiger partial charge in [0.1, 0.15) is 6.54 Å². The van der Waals surface area contributed by atoms with Gasteiger partial charge in [0.25, 0.3) is 5.56 Å². The summed E-state index contributed by atoms with van der Waals surface area (Å²) < 4.78 is 11.8. The molecule has 7 nitrogen and oxygen atoms in total. The zero-order chi connectivity index (χ0) is 17.4. The van der Waals surface area contributed by atoms with Gasteiger partial charge in [-0.25, -0.2) is 4.68 Å². The Kier molecular flexibility index (Phi) is 3.91. The van der Waals surface area contributed by atoms with E-state index in [1.54, 1.807) is 24.3 Å². The molecule has 1 amide bonds. The lowest BCUT2D eigenvalue weighted by atomic mass is 9.88. The molecule has 1 aliphatic carbocycles. The molecule has 0 fully saturated rings. The third kappa shape index (κ3) is 3.22. The molecule has 25 heavy (non-hydrogen) atoms. The smallest absolute Gasteiger partial charge is 0.267 e. The molecule has 0 spiro atoms. The Hall–Kier alpha value is -2.83. The topological polar surface area (TPSA) is 82.5 Å². The lowest BCUT2D eigenvalue weighted by Gasteiger charge is -2.20. The molecule has 1 N–H and O–H groups in total. The number of aromatic nitrogens is 2. The molecule has 1 aromatic carbocycles. The first-order valence-corrected chi connectivity index (χ1v) is 8.38. The summed E-state index contributed by atoms with van der Waals surface area (Å²) in [6.07, 6.45) is 2.78. The fourth-order valence-corrected chi connectivity index (χ4v) is 3.24. The molecule has 7 heteroatoms. The number of carbonyl (C=O) groups excluding carboxylic acids is 1. The molecule has 0 bridgehead atoms. The third-order valence-electron chi connectivity index (χ3n) is 4.56. The number of benzene rings is 1. The van der Waals surface area contributed by atoms with Crippen LogP contribution in [-0.4, -0.2) is 22.5 Å². The maximum Gasteiger partial charge on any atom is 0.267 e. The van der Waals surface area contributed by atoms with Crippen LogP contribution in [0.2, 0.25) is 0 Å². The first-order chi connectivity index (χ1) is 12.1. The normalized spacial score (nSPS) is 17.9. The molecular weight excluding hydrogens is 322 g/mol. The van der Waals surface area contributed by atoms with Crippen LogP contribution >= 0.6 is 0 Å². The fraction of sp³-hybridized carbons (Fsp3) is 0.389. The Balaban J connectivity index is 1.48. The molecule has 1 aromatic heterocycles. The van der Waals surface area contributed by atoms with Gasteiger partial charge in [0.2, 0.25) is 12.7 Å². The minimum atomic E-state index is -0.308. The van der Waals surface area contributed by atoms with E-state index in [2.05, 4.69) is 17.3 Å². The van der Waals surface area contributed by atoms with Crippen LogP contribution in [0, 0.1) is 5.92 Å². The largest absolute Gasteiger partial charge is 0.454 e. The molecule has 2 aliphatic rings. The van der Waals surface area contributed by atoms with Crippen molar-refractivity contribution in [1.82, 2.24) is 9.78 Å². The van der Waals surface area contributed by atoms with Crippen molar-refractivity contribution in [2.24, 2.45) is 5.92 Å². The quantitative estimate of drug-likeness (QED) is 0.919. The molecule has 2 heterocycles. The van der Waals surface area contributed by atoms with E-state index in [-0.39, 0.29) is 24.8 Å². The Morgan fingerprint density at radius 3 is 3.04 bits per heavy atom. The molecule has 0 saturated heterocycles. The highest BCUT2D eigenvalue weighted by Crippen LogP contribution is 2.34. The van der Waals surface area contributed by atoms with Gasteiger partial charge in [-0.05, 0) is 42.9 Å². The Labute approximate surface area is 144 Å². The van der Waals surface area contributed by atoms with Crippen molar-refractivity contribution >= 4 is 11.6 Å². The number of nitrogens with zero attached hydrogens (tertiary/aromatic N) is 2. The van der Waals surface area contributed by atoms with Crippen LogP contribution in [0.3, 0.4) is 0 Å². The molecule has 1 aliphatic heterocycles. The number of carbonyl (C=O) groups is 1. The van der Waals surface area contributed by atoms with Gasteiger partial charge in [-0.1, -0.05) is 6.92 Å². The fourth-order valence-electron chi connectivity index (χ4n) is 3.24. The van der Waals surface area contributed by atoms with Gasteiger partial charge in [-0.15, -0.1) is 0 Å². The van der Waals surface area contributed by atoms with Crippen LogP contribution in [0.5, 0.6) is 11.5 Å². The predicted molar refractivity (Wildman–Crippen MR) is 90.9 cm³/mol. The number of hydrogen-bond acceptors (Lipinski definition) is 5. The summed E-state index contributed by atoms with van der Waals surface area (Å²) in [6.45, 7) is 2.24. The van der Waals surface area contributed by atoms with Crippen molar-refractivity contribution in [3.63, 3.8) is 0 Å². The van der Waals surface area contributed by atoms with Crippen molar-refractivity contribution in [2.45, 2.75) is 32.7 Å². The standard InChI is InChI=1S/C18H19N3O4/c1-11-2-4-14-12(6-11)7-18(23)21(20-14)9-17(22)19-13-3-5-15-16(8-13)25-10-24-15/h3,5,7-8,11H,2,4,6,9-10H2,1H3,(H,19,22)/t11-/m1/s1. The summed E-state index contributed by atoms with van der Waals surface area (Å²) >= 11 is 0. The average molecular weight is 341 g/mol. The summed E-state index contributed by atoms with van der Waals surface area (Å²) in [5.74, 6) is 1.51. The zero-order valence-electron chi connectivity index (χ0n) is 13.9. The van der Waals surface area contributed by atoms with Gasteiger partial charge in [0, 0.05) is 17.8 Å². The minimum Gasteiger partial charge on any atom is -0.454 e. The number of aryl methyl sites for hydroxylation is 1. The summed E-state index contributed by atoms with van der Waals surface area (Å²) in [6, 6.07) is 6.79. The van der Waals surface area contributed by atoms with Gasteiger partial charge in [-0.3, -0.25) is 9.59 Å². The van der Waals surface area contributed by atoms with Crippen LogP contribution < -0.4 is 20.3 Å². The Morgan fingerprint density at radius 1 is 1.32 bits per heavy atom. The summed E-state index contributed by atoms with van der Waals surface area (Å²) in [7, 11) is 0. The SMILES string of the molecule is C[C@@H]1CCc2nn(CC(=O)Nc3ccc4c(c3)OCO4)c(=O)cc2C1. The summed E-state index contributed by atoms with van der Waals surface area (Å²) in [4.78, 5) is 24.5. The number of amides is 1. The third-order valence-corrected chi connectivity index (χ3v) is 4.56. The highest BCUT2D eigenvalue weighted by molar-refractivity contribution is 5.90. The predicted octanol–water partition coefficient (Wildman–Crippen LogP) is 1.74. The molecular formula is C18H19N3O4. The number of anilines is 1. The highest BCUT2D eigenvalue weighted by Gasteiger charge is 2.19. The number of rotatable bonds is 3. The van der Waals surface area contributed by atoms with E-state index in [1.807, 2.05) is 0 Å². The van der Waals surface area contributed by atoms with Gasteiger partial charge in [0.05, 0.1) is 5.69 Å². The van der Waals surface area contributed by atoms with Crippen molar-refractivity contribution in [3.05, 3.63) is 45.9 Å². The molecule has 0 unspecified atom stereocenters. The van der Waals surface area contributed by atoms with E-state index in [9.17, 15) is 9.59 Å². The number of ether oxygens (including phenoxy) is 2. The maximum atomic E-state index is 12.3. The first kappa shape index (κ1) is 15.7. The lowest BCUT2D eigenvalue weighted by Crippen LogP contribution is -2.32. The summed E-state index contributed by atoms with van der Waals surface area (Å²) in [5, 5.41) is 7.15. The van der Waals surface area contributed by atoms with Crippen LogP contribution in [-0.2, 0) is 24.2 Å². The minimum absolute atomic E-state index is 0.115. The molecule has 1 atom stereocenters. The van der Waals surface area contributed by atoms with Crippen molar-refractivity contribution in [1.29, 1.82) is 0 Å². The second kappa shape index (κ2) is 6.23. The second-order valence-electron chi connectivity index (χ2n) is 6.58. The van der Waals surface area contributed by atoms with Crippen LogP contribution in [0.4, 0.5) is 5.69 Å². The number of hydrogen-bond donors (Lipinski definition) is 1. The summed E-state index contributed by atoms with van der Waals surface area (Å²) in [5.41, 5.74) is 2.28. The number of fused-ring (bicyclic) bond motifs is 2. The lowest BCUT2D eigenvalue weighted by molar-refractivity contribution is -0.117. The highest BCUT2D eigenvalue weighted by atomic mass is 16.7. The van der Waals surface area contributed by atoms with E-state index in [4.69, 9.17) is 9.47 Å². The molecule has 130 valence electrons. The molecule has 0 saturated carbocycles. The van der Waals surface area contributed by atoms with E-state index >= 15 is 0 Å². The Bertz CT molecular complexity index is 890. The van der Waals surface area contributed by atoms with Crippen molar-refractivity contribution in [2.75, 3.05) is 12.1 Å². The van der Waals surface area contributed by atoms with E-state index in [1.165, 1.54) is 4.68 Å². The van der Waals surface area contributed by atoms with Crippen LogP contribution in [0.1, 0.15) is 24.6 Å². The average Bonchev–Trinajstić information content (AvgIpc) is 3.03. The van der Waals surface area contributed by atoms with Crippen molar-refractivity contribution < 1.29 is 14.3 Å². The molecule has 4 rings (SSSR count). The molecule has 2 aromatic rings. The maximum absolute atomic E-state index is 12.3. The van der Waals surface area contributed by atoms with Crippen LogP contribution in [0.15, 0.2) is 29.1 Å². The van der Waals surface area contributed by atoms with Gasteiger partial charge in [-0.2, -0.15) is 5.10 Å². The van der Waals surface area contributed by atoms with E-state index in [0.29, 0.717) is 23.1 Å².